The van der Waals surface area contributed by atoms with Gasteiger partial charge in [-0.25, -0.2) is 4.79 Å². The fraction of sp³-hybridized carbons (Fsp3) is 0.111. The molecule has 1 amide bonds. The molecule has 0 radical (unpaired) electrons. The Kier molecular flexibility index (Phi) is 5.55. The Morgan fingerprint density at radius 2 is 2.04 bits per heavy atom. The van der Waals surface area contributed by atoms with E-state index in [1.165, 1.54) is 6.08 Å². The molecule has 3 rings (SSSR count). The second kappa shape index (κ2) is 8.21. The Hall–Kier alpha value is -3.26. The predicted octanol–water partition coefficient (Wildman–Crippen LogP) is 2.90. The highest BCUT2D eigenvalue weighted by Crippen LogP contribution is 2.21. The molecule has 1 aromatic heterocycles. The third-order valence-electron chi connectivity index (χ3n) is 3.41. The van der Waals surface area contributed by atoms with Crippen molar-refractivity contribution in [3.05, 3.63) is 54.1 Å². The van der Waals surface area contributed by atoms with Crippen LogP contribution in [0.25, 0.3) is 17.1 Å². The minimum atomic E-state index is -0.614. The molecule has 0 fully saturated rings. The lowest BCUT2D eigenvalue weighted by molar-refractivity contribution is -0.142. The van der Waals surface area contributed by atoms with Crippen LogP contribution in [-0.2, 0) is 14.3 Å². The highest BCUT2D eigenvalue weighted by molar-refractivity contribution is 7.00. The highest BCUT2D eigenvalue weighted by Gasteiger charge is 2.10. The zero-order valence-electron chi connectivity index (χ0n) is 13.8. The van der Waals surface area contributed by atoms with Crippen molar-refractivity contribution in [3.8, 4) is 5.75 Å². The van der Waals surface area contributed by atoms with E-state index in [1.54, 1.807) is 43.5 Å². The van der Waals surface area contributed by atoms with E-state index in [4.69, 9.17) is 9.47 Å². The number of amides is 1. The average molecular weight is 369 g/mol. The van der Waals surface area contributed by atoms with E-state index in [9.17, 15) is 9.59 Å². The van der Waals surface area contributed by atoms with Crippen molar-refractivity contribution < 1.29 is 19.1 Å². The third-order valence-corrected chi connectivity index (χ3v) is 3.95. The van der Waals surface area contributed by atoms with Gasteiger partial charge in [0.2, 0.25) is 0 Å². The Balaban J connectivity index is 1.53. The van der Waals surface area contributed by atoms with Gasteiger partial charge in [-0.05, 0) is 35.9 Å². The number of carbonyl (C=O) groups is 2. The van der Waals surface area contributed by atoms with E-state index in [-0.39, 0.29) is 0 Å². The molecule has 1 N–H and O–H groups in total. The van der Waals surface area contributed by atoms with Gasteiger partial charge in [0.05, 0.1) is 24.5 Å². The van der Waals surface area contributed by atoms with E-state index in [0.717, 1.165) is 17.3 Å². The number of benzene rings is 2. The third kappa shape index (κ3) is 4.42. The van der Waals surface area contributed by atoms with Gasteiger partial charge in [-0.2, -0.15) is 8.75 Å². The molecular formula is C18H15N3O4S. The second-order valence-corrected chi connectivity index (χ2v) is 5.73. The molecule has 1 heterocycles. The molecule has 0 bridgehead atoms. The number of methoxy groups -OCH3 is 1. The normalized spacial score (nSPS) is 10.8. The van der Waals surface area contributed by atoms with Crippen LogP contribution in [0.4, 0.5) is 5.69 Å². The number of fused-ring (bicyclic) bond motifs is 1. The van der Waals surface area contributed by atoms with Gasteiger partial charge in [-0.1, -0.05) is 18.2 Å². The molecule has 0 unspecified atom stereocenters. The van der Waals surface area contributed by atoms with Crippen molar-refractivity contribution in [1.29, 1.82) is 0 Å². The first-order valence-corrected chi connectivity index (χ1v) is 8.39. The van der Waals surface area contributed by atoms with Crippen LogP contribution >= 0.6 is 11.7 Å². The maximum Gasteiger partial charge on any atom is 0.331 e. The summed E-state index contributed by atoms with van der Waals surface area (Å²) in [6, 6.07) is 12.5. The molecule has 0 aliphatic heterocycles. The molecule has 0 aliphatic rings. The SMILES string of the molecule is COc1cccc(C=CC(=O)OCC(=O)Nc2cccc3nsnc23)c1. The van der Waals surface area contributed by atoms with Gasteiger partial charge >= 0.3 is 5.97 Å². The first kappa shape index (κ1) is 17.6. The molecule has 26 heavy (non-hydrogen) atoms. The van der Waals surface area contributed by atoms with E-state index in [0.29, 0.717) is 22.5 Å². The number of hydrogen-bond donors (Lipinski definition) is 1. The summed E-state index contributed by atoms with van der Waals surface area (Å²) in [5, 5.41) is 2.66. The van der Waals surface area contributed by atoms with Gasteiger partial charge in [-0.3, -0.25) is 4.79 Å². The summed E-state index contributed by atoms with van der Waals surface area (Å²) in [7, 11) is 1.57. The summed E-state index contributed by atoms with van der Waals surface area (Å²) in [5.74, 6) is -0.379. The average Bonchev–Trinajstić information content (AvgIpc) is 3.15. The van der Waals surface area contributed by atoms with Crippen molar-refractivity contribution in [2.45, 2.75) is 0 Å². The zero-order valence-corrected chi connectivity index (χ0v) is 14.7. The van der Waals surface area contributed by atoms with Crippen LogP contribution in [0.2, 0.25) is 0 Å². The minimum absolute atomic E-state index is 0.394. The number of carbonyl (C=O) groups excluding carboxylic acids is 2. The van der Waals surface area contributed by atoms with Gasteiger partial charge in [0.15, 0.2) is 6.61 Å². The molecule has 0 aliphatic carbocycles. The number of nitrogens with one attached hydrogen (secondary N) is 1. The summed E-state index contributed by atoms with van der Waals surface area (Å²) in [4.78, 5) is 23.7. The number of rotatable bonds is 6. The standard InChI is InChI=1S/C18H15N3O4S/c1-24-13-5-2-4-12(10-13)8-9-17(23)25-11-16(22)19-14-6-3-7-15-18(14)21-26-20-15/h2-10H,11H2,1H3,(H,19,22). The molecule has 0 spiro atoms. The van der Waals surface area contributed by atoms with Crippen LogP contribution in [0.3, 0.4) is 0 Å². The molecule has 0 saturated carbocycles. The fourth-order valence-corrected chi connectivity index (χ4v) is 2.74. The fourth-order valence-electron chi connectivity index (χ4n) is 2.19. The van der Waals surface area contributed by atoms with Crippen LogP contribution in [0.15, 0.2) is 48.5 Å². The summed E-state index contributed by atoms with van der Waals surface area (Å²) in [6.45, 7) is -0.394. The number of ether oxygens (including phenoxy) is 2. The first-order chi connectivity index (χ1) is 12.7. The van der Waals surface area contributed by atoms with Gasteiger partial charge in [0, 0.05) is 6.08 Å². The number of anilines is 1. The summed E-state index contributed by atoms with van der Waals surface area (Å²) in [6.07, 6.45) is 2.84. The zero-order chi connectivity index (χ0) is 18.4. The molecule has 2 aromatic carbocycles. The summed E-state index contributed by atoms with van der Waals surface area (Å²) in [5.41, 5.74) is 2.62. The lowest BCUT2D eigenvalue weighted by atomic mass is 10.2. The number of hydrogen-bond acceptors (Lipinski definition) is 7. The van der Waals surface area contributed by atoms with Gasteiger partial charge in [-0.15, -0.1) is 0 Å². The maximum atomic E-state index is 12.0. The van der Waals surface area contributed by atoms with Crippen LogP contribution in [0, 0.1) is 0 Å². The van der Waals surface area contributed by atoms with Crippen molar-refractivity contribution in [2.75, 3.05) is 19.0 Å². The molecule has 3 aromatic rings. The van der Waals surface area contributed by atoms with Crippen LogP contribution in [0.5, 0.6) is 5.75 Å². The van der Waals surface area contributed by atoms with Crippen molar-refractivity contribution in [1.82, 2.24) is 8.75 Å². The van der Waals surface area contributed by atoms with Crippen molar-refractivity contribution in [3.63, 3.8) is 0 Å². The monoisotopic (exact) mass is 369 g/mol. The van der Waals surface area contributed by atoms with Gasteiger partial charge < -0.3 is 14.8 Å². The van der Waals surface area contributed by atoms with Crippen LogP contribution < -0.4 is 10.1 Å². The van der Waals surface area contributed by atoms with Crippen molar-refractivity contribution >= 4 is 46.4 Å². The van der Waals surface area contributed by atoms with E-state index in [2.05, 4.69) is 14.1 Å². The molecule has 8 heteroatoms. The van der Waals surface area contributed by atoms with E-state index >= 15 is 0 Å². The minimum Gasteiger partial charge on any atom is -0.497 e. The Morgan fingerprint density at radius 1 is 1.19 bits per heavy atom. The Morgan fingerprint density at radius 3 is 2.88 bits per heavy atom. The second-order valence-electron chi connectivity index (χ2n) is 5.20. The lowest BCUT2D eigenvalue weighted by Gasteiger charge is -2.05. The molecule has 0 atom stereocenters. The summed E-state index contributed by atoms with van der Waals surface area (Å²) < 4.78 is 18.3. The van der Waals surface area contributed by atoms with E-state index in [1.807, 2.05) is 12.1 Å². The summed E-state index contributed by atoms with van der Waals surface area (Å²) >= 11 is 1.06. The van der Waals surface area contributed by atoms with Crippen LogP contribution in [0.1, 0.15) is 5.56 Å². The lowest BCUT2D eigenvalue weighted by Crippen LogP contribution is -2.20. The molecular weight excluding hydrogens is 354 g/mol. The molecule has 132 valence electrons. The predicted molar refractivity (Wildman–Crippen MR) is 99.0 cm³/mol. The van der Waals surface area contributed by atoms with E-state index < -0.39 is 18.5 Å². The maximum absolute atomic E-state index is 12.0. The van der Waals surface area contributed by atoms with Gasteiger partial charge in [0.1, 0.15) is 16.8 Å². The Bertz CT molecular complexity index is 968. The number of aromatic nitrogens is 2. The van der Waals surface area contributed by atoms with Gasteiger partial charge in [0.25, 0.3) is 5.91 Å². The number of esters is 1. The van der Waals surface area contributed by atoms with Crippen LogP contribution in [-0.4, -0.2) is 34.3 Å². The molecule has 7 nitrogen and oxygen atoms in total. The first-order valence-electron chi connectivity index (χ1n) is 7.66. The Labute approximate surface area is 153 Å². The van der Waals surface area contributed by atoms with Crippen molar-refractivity contribution in [2.24, 2.45) is 0 Å². The largest absolute Gasteiger partial charge is 0.497 e. The smallest absolute Gasteiger partial charge is 0.331 e. The number of nitrogens with zero attached hydrogens (tertiary/aromatic N) is 2. The topological polar surface area (TPSA) is 90.4 Å². The quantitative estimate of drug-likeness (QED) is 0.531. The highest BCUT2D eigenvalue weighted by atomic mass is 32.1. The molecule has 0 saturated heterocycles.